The van der Waals surface area contributed by atoms with Crippen molar-refractivity contribution in [2.75, 3.05) is 19.5 Å². The standard InChI is InChI=1S/C16H17N5O3/c1-21-9-11(8-17-21)18-16(22)13-7-12(19-20-13)10-4-5-14(23-2)15(6-10)24-3/h4-9H,1-3H3,(H,18,22)(H,19,20). The summed E-state index contributed by atoms with van der Waals surface area (Å²) in [6.07, 6.45) is 3.28. The first kappa shape index (κ1) is 15.6. The molecule has 0 spiro atoms. The summed E-state index contributed by atoms with van der Waals surface area (Å²) in [5.74, 6) is 0.938. The van der Waals surface area contributed by atoms with Crippen LogP contribution in [0.25, 0.3) is 11.3 Å². The van der Waals surface area contributed by atoms with Gasteiger partial charge in [-0.25, -0.2) is 0 Å². The van der Waals surface area contributed by atoms with Gasteiger partial charge in [0.2, 0.25) is 0 Å². The first-order valence-corrected chi connectivity index (χ1v) is 7.18. The Hall–Kier alpha value is -3.29. The molecule has 1 amide bonds. The highest BCUT2D eigenvalue weighted by Gasteiger charge is 2.13. The second-order valence-electron chi connectivity index (χ2n) is 5.09. The van der Waals surface area contributed by atoms with Crippen LogP contribution in [0.15, 0.2) is 36.7 Å². The molecule has 0 aliphatic heterocycles. The van der Waals surface area contributed by atoms with Gasteiger partial charge in [-0.1, -0.05) is 0 Å². The highest BCUT2D eigenvalue weighted by molar-refractivity contribution is 6.03. The van der Waals surface area contributed by atoms with Crippen molar-refractivity contribution in [1.82, 2.24) is 20.0 Å². The highest BCUT2D eigenvalue weighted by atomic mass is 16.5. The number of carbonyl (C=O) groups is 1. The zero-order valence-electron chi connectivity index (χ0n) is 13.5. The second-order valence-corrected chi connectivity index (χ2v) is 5.09. The quantitative estimate of drug-likeness (QED) is 0.748. The summed E-state index contributed by atoms with van der Waals surface area (Å²) < 4.78 is 12.1. The van der Waals surface area contributed by atoms with Gasteiger partial charge in [-0.2, -0.15) is 10.2 Å². The van der Waals surface area contributed by atoms with E-state index < -0.39 is 0 Å². The van der Waals surface area contributed by atoms with Crippen molar-refractivity contribution < 1.29 is 14.3 Å². The van der Waals surface area contributed by atoms with Crippen LogP contribution in [0.4, 0.5) is 5.69 Å². The van der Waals surface area contributed by atoms with E-state index in [2.05, 4.69) is 20.6 Å². The van der Waals surface area contributed by atoms with Crippen LogP contribution in [-0.4, -0.2) is 40.1 Å². The van der Waals surface area contributed by atoms with Gasteiger partial charge in [0.15, 0.2) is 11.5 Å². The topological polar surface area (TPSA) is 94.1 Å². The molecule has 0 aliphatic carbocycles. The van der Waals surface area contributed by atoms with Crippen LogP contribution in [-0.2, 0) is 7.05 Å². The largest absolute Gasteiger partial charge is 0.493 e. The molecule has 2 aromatic heterocycles. The number of anilines is 1. The number of aromatic amines is 1. The zero-order valence-corrected chi connectivity index (χ0v) is 13.5. The average Bonchev–Trinajstić information content (AvgIpc) is 3.23. The third-order valence-electron chi connectivity index (χ3n) is 3.46. The minimum atomic E-state index is -0.290. The average molecular weight is 327 g/mol. The van der Waals surface area contributed by atoms with Gasteiger partial charge in [0.05, 0.1) is 31.8 Å². The molecule has 0 unspecified atom stereocenters. The van der Waals surface area contributed by atoms with Crippen LogP contribution in [0.2, 0.25) is 0 Å². The van der Waals surface area contributed by atoms with Gasteiger partial charge in [0.25, 0.3) is 5.91 Å². The molecule has 8 heteroatoms. The van der Waals surface area contributed by atoms with E-state index in [0.717, 1.165) is 5.56 Å². The van der Waals surface area contributed by atoms with Crippen LogP contribution in [0, 0.1) is 0 Å². The van der Waals surface area contributed by atoms with Crippen LogP contribution in [0.3, 0.4) is 0 Å². The molecule has 24 heavy (non-hydrogen) atoms. The molecule has 1 aromatic carbocycles. The second kappa shape index (κ2) is 6.45. The number of aryl methyl sites for hydroxylation is 1. The Morgan fingerprint density at radius 1 is 1.21 bits per heavy atom. The smallest absolute Gasteiger partial charge is 0.273 e. The predicted molar refractivity (Wildman–Crippen MR) is 88.3 cm³/mol. The third kappa shape index (κ3) is 3.07. The summed E-state index contributed by atoms with van der Waals surface area (Å²) >= 11 is 0. The van der Waals surface area contributed by atoms with Gasteiger partial charge in [-0.3, -0.25) is 14.6 Å². The van der Waals surface area contributed by atoms with E-state index in [1.54, 1.807) is 56.5 Å². The maximum Gasteiger partial charge on any atom is 0.273 e. The lowest BCUT2D eigenvalue weighted by Crippen LogP contribution is -2.11. The van der Waals surface area contributed by atoms with Gasteiger partial charge >= 0.3 is 0 Å². The Balaban J connectivity index is 1.81. The maximum atomic E-state index is 12.2. The minimum Gasteiger partial charge on any atom is -0.493 e. The molecule has 0 fully saturated rings. The molecule has 0 radical (unpaired) electrons. The van der Waals surface area contributed by atoms with Gasteiger partial charge < -0.3 is 14.8 Å². The number of aromatic nitrogens is 4. The summed E-state index contributed by atoms with van der Waals surface area (Å²) in [5, 5.41) is 13.7. The Morgan fingerprint density at radius 2 is 2.00 bits per heavy atom. The molecule has 8 nitrogen and oxygen atoms in total. The number of amides is 1. The van der Waals surface area contributed by atoms with E-state index in [1.807, 2.05) is 6.07 Å². The highest BCUT2D eigenvalue weighted by Crippen LogP contribution is 2.31. The van der Waals surface area contributed by atoms with Gasteiger partial charge in [0, 0.05) is 18.8 Å². The Labute approximate surface area is 138 Å². The SMILES string of the molecule is COc1ccc(-c2cc(C(=O)Nc3cnn(C)c3)[nH]n2)cc1OC. The summed E-state index contributed by atoms with van der Waals surface area (Å²) in [6, 6.07) is 7.11. The van der Waals surface area contributed by atoms with E-state index in [4.69, 9.17) is 9.47 Å². The molecular formula is C16H17N5O3. The monoisotopic (exact) mass is 327 g/mol. The van der Waals surface area contributed by atoms with E-state index in [0.29, 0.717) is 28.6 Å². The number of hydrogen-bond donors (Lipinski definition) is 2. The number of methoxy groups -OCH3 is 2. The Kier molecular flexibility index (Phi) is 4.19. The number of nitrogens with zero attached hydrogens (tertiary/aromatic N) is 3. The summed E-state index contributed by atoms with van der Waals surface area (Å²) in [6.45, 7) is 0. The fourth-order valence-corrected chi connectivity index (χ4v) is 2.27. The van der Waals surface area contributed by atoms with E-state index in [9.17, 15) is 4.79 Å². The molecule has 0 aliphatic rings. The molecule has 0 saturated carbocycles. The van der Waals surface area contributed by atoms with E-state index in [1.165, 1.54) is 0 Å². The summed E-state index contributed by atoms with van der Waals surface area (Å²) in [7, 11) is 4.92. The summed E-state index contributed by atoms with van der Waals surface area (Å²) in [5.41, 5.74) is 2.41. The number of H-pyrrole nitrogens is 1. The van der Waals surface area contributed by atoms with Crippen molar-refractivity contribution in [3.63, 3.8) is 0 Å². The van der Waals surface area contributed by atoms with Crippen LogP contribution in [0.5, 0.6) is 11.5 Å². The molecule has 3 aromatic rings. The minimum absolute atomic E-state index is 0.290. The predicted octanol–water partition coefficient (Wildman–Crippen LogP) is 2.08. The molecule has 0 atom stereocenters. The normalized spacial score (nSPS) is 10.5. The van der Waals surface area contributed by atoms with Crippen LogP contribution >= 0.6 is 0 Å². The molecule has 0 bridgehead atoms. The molecule has 0 saturated heterocycles. The van der Waals surface area contributed by atoms with Gasteiger partial charge in [-0.05, 0) is 24.3 Å². The number of benzene rings is 1. The van der Waals surface area contributed by atoms with Crippen LogP contribution in [0.1, 0.15) is 10.5 Å². The number of ether oxygens (including phenoxy) is 2. The summed E-state index contributed by atoms with van der Waals surface area (Å²) in [4.78, 5) is 12.2. The van der Waals surface area contributed by atoms with E-state index >= 15 is 0 Å². The molecule has 2 N–H and O–H groups in total. The van der Waals surface area contributed by atoms with Crippen molar-refractivity contribution in [3.05, 3.63) is 42.4 Å². The van der Waals surface area contributed by atoms with E-state index in [-0.39, 0.29) is 5.91 Å². The molecule has 3 rings (SSSR count). The Bertz CT molecular complexity index is 868. The number of nitrogens with one attached hydrogen (secondary N) is 2. The zero-order chi connectivity index (χ0) is 17.1. The molecule has 124 valence electrons. The first-order valence-electron chi connectivity index (χ1n) is 7.18. The lowest BCUT2D eigenvalue weighted by Gasteiger charge is -2.08. The molecular weight excluding hydrogens is 310 g/mol. The molecule has 2 heterocycles. The maximum absolute atomic E-state index is 12.2. The third-order valence-corrected chi connectivity index (χ3v) is 3.46. The van der Waals surface area contributed by atoms with Crippen LogP contribution < -0.4 is 14.8 Å². The number of hydrogen-bond acceptors (Lipinski definition) is 5. The fraction of sp³-hybridized carbons (Fsp3) is 0.188. The van der Waals surface area contributed by atoms with Crippen molar-refractivity contribution in [2.45, 2.75) is 0 Å². The van der Waals surface area contributed by atoms with Crippen molar-refractivity contribution >= 4 is 11.6 Å². The lowest BCUT2D eigenvalue weighted by molar-refractivity contribution is 0.102. The first-order chi connectivity index (χ1) is 11.6. The van der Waals surface area contributed by atoms with Crippen molar-refractivity contribution in [2.24, 2.45) is 7.05 Å². The lowest BCUT2D eigenvalue weighted by atomic mass is 10.1. The van der Waals surface area contributed by atoms with Gasteiger partial charge in [-0.15, -0.1) is 0 Å². The van der Waals surface area contributed by atoms with Crippen molar-refractivity contribution in [3.8, 4) is 22.8 Å². The Morgan fingerprint density at radius 3 is 2.67 bits per heavy atom. The fourth-order valence-electron chi connectivity index (χ4n) is 2.27. The number of rotatable bonds is 5. The van der Waals surface area contributed by atoms with Crippen molar-refractivity contribution in [1.29, 1.82) is 0 Å². The number of carbonyl (C=O) groups excluding carboxylic acids is 1. The van der Waals surface area contributed by atoms with Gasteiger partial charge in [0.1, 0.15) is 5.69 Å².